The van der Waals surface area contributed by atoms with Crippen LogP contribution in [0, 0.1) is 12.7 Å². The van der Waals surface area contributed by atoms with Crippen LogP contribution in [0.4, 0.5) is 14.9 Å². The topological polar surface area (TPSA) is 65.7 Å². The summed E-state index contributed by atoms with van der Waals surface area (Å²) in [6.07, 6.45) is 2.90. The number of likely N-dealkylation sites (tertiary alicyclic amines) is 1. The van der Waals surface area contributed by atoms with E-state index in [0.717, 1.165) is 12.8 Å². The minimum atomic E-state index is -0.741. The highest BCUT2D eigenvalue weighted by molar-refractivity contribution is 5.90. The number of aliphatic hydroxyl groups excluding tert-OH is 1. The minimum absolute atomic E-state index is 0.0704. The summed E-state index contributed by atoms with van der Waals surface area (Å²) in [5.74, 6) is 0.155. The monoisotopic (exact) mass is 332 g/mol. The van der Waals surface area contributed by atoms with E-state index >= 15 is 0 Å². The van der Waals surface area contributed by atoms with Gasteiger partial charge in [-0.2, -0.15) is 0 Å². The number of benzene rings is 1. The molecular weight excluding hydrogens is 311 g/mol. The third-order valence-electron chi connectivity index (χ3n) is 4.51. The predicted molar refractivity (Wildman–Crippen MR) is 88.2 cm³/mol. The van der Waals surface area contributed by atoms with Crippen molar-refractivity contribution in [2.75, 3.05) is 11.9 Å². The molecule has 1 fully saturated rings. The maximum absolute atomic E-state index is 13.6. The first-order chi connectivity index (χ1) is 11.6. The summed E-state index contributed by atoms with van der Waals surface area (Å²) in [7, 11) is 0. The molecule has 1 saturated heterocycles. The maximum Gasteiger partial charge on any atom is 0.322 e. The Morgan fingerprint density at radius 1 is 1.46 bits per heavy atom. The number of carbonyl (C=O) groups is 1. The van der Waals surface area contributed by atoms with Gasteiger partial charge in [0.25, 0.3) is 0 Å². The quantitative estimate of drug-likeness (QED) is 0.894. The van der Waals surface area contributed by atoms with Crippen LogP contribution in [-0.2, 0) is 0 Å². The summed E-state index contributed by atoms with van der Waals surface area (Å²) in [5.41, 5.74) is 0.884. The van der Waals surface area contributed by atoms with Gasteiger partial charge in [0.2, 0.25) is 0 Å². The molecular formula is C18H21FN2O3. The van der Waals surface area contributed by atoms with Crippen LogP contribution in [-0.4, -0.2) is 28.6 Å². The van der Waals surface area contributed by atoms with Crippen LogP contribution in [0.25, 0.3) is 0 Å². The van der Waals surface area contributed by atoms with Crippen LogP contribution in [0.15, 0.2) is 41.0 Å². The average molecular weight is 332 g/mol. The Hall–Kier alpha value is -2.34. The number of furan rings is 1. The van der Waals surface area contributed by atoms with E-state index in [1.807, 2.05) is 0 Å². The third kappa shape index (κ3) is 3.43. The van der Waals surface area contributed by atoms with Gasteiger partial charge in [0.05, 0.1) is 6.26 Å². The molecule has 24 heavy (non-hydrogen) atoms. The number of nitrogens with zero attached hydrogens (tertiary/aromatic N) is 1. The van der Waals surface area contributed by atoms with E-state index in [1.54, 1.807) is 36.1 Å². The molecule has 0 radical (unpaired) electrons. The van der Waals surface area contributed by atoms with Gasteiger partial charge in [0.1, 0.15) is 17.7 Å². The van der Waals surface area contributed by atoms with Crippen molar-refractivity contribution in [2.24, 2.45) is 0 Å². The van der Waals surface area contributed by atoms with Crippen molar-refractivity contribution in [1.82, 2.24) is 4.90 Å². The lowest BCUT2D eigenvalue weighted by molar-refractivity contribution is 0.110. The molecule has 0 aliphatic carbocycles. The number of hydrogen-bond donors (Lipinski definition) is 2. The van der Waals surface area contributed by atoms with E-state index in [4.69, 9.17) is 4.42 Å². The molecule has 2 atom stereocenters. The van der Waals surface area contributed by atoms with Crippen molar-refractivity contribution < 1.29 is 18.7 Å². The standard InChI is InChI=1S/C18H21FN2O3/c1-12-14(19)6-2-7-15(12)20-18(23)21-9-3-5-13(21)11-16(22)17-8-4-10-24-17/h2,4,6-8,10,13,16,22H,3,5,9,11H2,1H3,(H,20,23). The SMILES string of the molecule is Cc1c(F)cccc1NC(=O)N1CCCC1CC(O)c1ccco1. The number of halogens is 1. The molecule has 0 spiro atoms. The number of hydrogen-bond acceptors (Lipinski definition) is 3. The summed E-state index contributed by atoms with van der Waals surface area (Å²) < 4.78 is 18.8. The van der Waals surface area contributed by atoms with E-state index < -0.39 is 6.10 Å². The molecule has 2 N–H and O–H groups in total. The van der Waals surface area contributed by atoms with Crippen molar-refractivity contribution in [3.8, 4) is 0 Å². The van der Waals surface area contributed by atoms with E-state index in [0.29, 0.717) is 30.0 Å². The molecule has 3 rings (SSSR count). The van der Waals surface area contributed by atoms with Gasteiger partial charge < -0.3 is 19.7 Å². The summed E-state index contributed by atoms with van der Waals surface area (Å²) >= 11 is 0. The highest BCUT2D eigenvalue weighted by atomic mass is 19.1. The molecule has 1 aliphatic rings. The number of anilines is 1. The van der Waals surface area contributed by atoms with Crippen LogP contribution in [0.3, 0.4) is 0 Å². The molecule has 2 aromatic rings. The van der Waals surface area contributed by atoms with Crippen LogP contribution in [0.5, 0.6) is 0 Å². The summed E-state index contributed by atoms with van der Waals surface area (Å²) in [6, 6.07) is 7.73. The highest BCUT2D eigenvalue weighted by Crippen LogP contribution is 2.28. The zero-order valence-corrected chi connectivity index (χ0v) is 13.5. The number of aliphatic hydroxyl groups is 1. The van der Waals surface area contributed by atoms with Gasteiger partial charge in [-0.05, 0) is 44.0 Å². The van der Waals surface area contributed by atoms with Crippen molar-refractivity contribution in [1.29, 1.82) is 0 Å². The van der Waals surface area contributed by atoms with E-state index in [2.05, 4.69) is 5.32 Å². The molecule has 0 bridgehead atoms. The summed E-state index contributed by atoms with van der Waals surface area (Å²) in [4.78, 5) is 14.2. The second-order valence-electron chi connectivity index (χ2n) is 6.10. The largest absolute Gasteiger partial charge is 0.467 e. The molecule has 6 heteroatoms. The Labute approximate surface area is 140 Å². The first-order valence-corrected chi connectivity index (χ1v) is 8.10. The van der Waals surface area contributed by atoms with Crippen LogP contribution >= 0.6 is 0 Å². The first kappa shape index (κ1) is 16.5. The Morgan fingerprint density at radius 3 is 3.04 bits per heavy atom. The van der Waals surface area contributed by atoms with Gasteiger partial charge in [0, 0.05) is 30.3 Å². The lowest BCUT2D eigenvalue weighted by Crippen LogP contribution is -2.39. The Morgan fingerprint density at radius 2 is 2.29 bits per heavy atom. The average Bonchev–Trinajstić information content (AvgIpc) is 3.23. The smallest absolute Gasteiger partial charge is 0.322 e. The predicted octanol–water partition coefficient (Wildman–Crippen LogP) is 3.85. The van der Waals surface area contributed by atoms with Crippen molar-refractivity contribution in [2.45, 2.75) is 38.3 Å². The normalized spacial score (nSPS) is 18.6. The van der Waals surface area contributed by atoms with E-state index in [-0.39, 0.29) is 17.9 Å². The maximum atomic E-state index is 13.6. The van der Waals surface area contributed by atoms with Gasteiger partial charge in [-0.3, -0.25) is 0 Å². The number of amides is 2. The van der Waals surface area contributed by atoms with Crippen molar-refractivity contribution >= 4 is 11.7 Å². The number of rotatable bonds is 4. The molecule has 2 heterocycles. The van der Waals surface area contributed by atoms with Gasteiger partial charge in [-0.1, -0.05) is 6.07 Å². The Kier molecular flexibility index (Phi) is 4.85. The lowest BCUT2D eigenvalue weighted by atomic mass is 10.1. The van der Waals surface area contributed by atoms with Gasteiger partial charge >= 0.3 is 6.03 Å². The second-order valence-corrected chi connectivity index (χ2v) is 6.10. The molecule has 1 aromatic heterocycles. The summed E-state index contributed by atoms with van der Waals surface area (Å²) in [5, 5.41) is 13.0. The van der Waals surface area contributed by atoms with Crippen LogP contribution < -0.4 is 5.32 Å². The molecule has 5 nitrogen and oxygen atoms in total. The van der Waals surface area contributed by atoms with Crippen LogP contribution in [0.2, 0.25) is 0 Å². The third-order valence-corrected chi connectivity index (χ3v) is 4.51. The molecule has 2 unspecified atom stereocenters. The van der Waals surface area contributed by atoms with Crippen LogP contribution in [0.1, 0.15) is 36.7 Å². The van der Waals surface area contributed by atoms with E-state index in [9.17, 15) is 14.3 Å². The molecule has 128 valence electrons. The number of carbonyl (C=O) groups excluding carboxylic acids is 1. The molecule has 1 aromatic carbocycles. The van der Waals surface area contributed by atoms with E-state index in [1.165, 1.54) is 12.3 Å². The van der Waals surface area contributed by atoms with Gasteiger partial charge in [-0.25, -0.2) is 9.18 Å². The van der Waals surface area contributed by atoms with Crippen molar-refractivity contribution in [3.05, 3.63) is 53.7 Å². The lowest BCUT2D eigenvalue weighted by Gasteiger charge is -2.26. The fourth-order valence-electron chi connectivity index (χ4n) is 3.13. The van der Waals surface area contributed by atoms with Crippen molar-refractivity contribution in [3.63, 3.8) is 0 Å². The zero-order chi connectivity index (χ0) is 17.1. The number of nitrogens with one attached hydrogen (secondary N) is 1. The molecule has 1 aliphatic heterocycles. The fraction of sp³-hybridized carbons (Fsp3) is 0.389. The van der Waals surface area contributed by atoms with Gasteiger partial charge in [0.15, 0.2) is 0 Å². The Bertz CT molecular complexity index is 702. The summed E-state index contributed by atoms with van der Waals surface area (Å²) in [6.45, 7) is 2.25. The highest BCUT2D eigenvalue weighted by Gasteiger charge is 2.31. The second kappa shape index (κ2) is 7.05. The number of urea groups is 1. The van der Waals surface area contributed by atoms with Gasteiger partial charge in [-0.15, -0.1) is 0 Å². The molecule has 0 saturated carbocycles. The molecule has 2 amide bonds. The Balaban J connectivity index is 1.66. The fourth-order valence-corrected chi connectivity index (χ4v) is 3.13. The first-order valence-electron chi connectivity index (χ1n) is 8.10. The zero-order valence-electron chi connectivity index (χ0n) is 13.5. The minimum Gasteiger partial charge on any atom is -0.467 e.